The van der Waals surface area contributed by atoms with Crippen LogP contribution in [-0.2, 0) is 18.7 Å². The summed E-state index contributed by atoms with van der Waals surface area (Å²) in [6.45, 7) is 5.84. The van der Waals surface area contributed by atoms with Gasteiger partial charge in [-0.25, -0.2) is 4.79 Å². The number of nitrogens with two attached hydrogens (primary N) is 1. The Morgan fingerprint density at radius 2 is 1.81 bits per heavy atom. The molecule has 0 fully saturated rings. The second-order valence-corrected chi connectivity index (χ2v) is 8.74. The van der Waals surface area contributed by atoms with Gasteiger partial charge in [-0.05, 0) is 38.1 Å². The topological polar surface area (TPSA) is 139 Å². The SMILES string of the molecule is CCCCCCC(=O)NC(C(C)C)P(=O)(O)O[C@H](CCCCN)C(=O)O. The molecule has 0 aromatic carbocycles. The lowest BCUT2D eigenvalue weighted by Gasteiger charge is -2.28. The average Bonchev–Trinajstić information content (AvgIpc) is 2.55. The third kappa shape index (κ3) is 10.3. The summed E-state index contributed by atoms with van der Waals surface area (Å²) in [6.07, 6.45) is 3.75. The highest BCUT2D eigenvalue weighted by molar-refractivity contribution is 7.53. The third-order valence-electron chi connectivity index (χ3n) is 4.02. The van der Waals surface area contributed by atoms with Crippen molar-refractivity contribution >= 4 is 19.5 Å². The van der Waals surface area contributed by atoms with Crippen LogP contribution >= 0.6 is 7.60 Å². The second kappa shape index (κ2) is 13.3. The number of rotatable bonds is 15. The molecule has 0 saturated carbocycles. The van der Waals surface area contributed by atoms with E-state index in [0.717, 1.165) is 19.3 Å². The molecule has 0 aliphatic carbocycles. The molecule has 0 rings (SSSR count). The van der Waals surface area contributed by atoms with Crippen LogP contribution in [0.15, 0.2) is 0 Å². The first kappa shape index (κ1) is 25.1. The Hall–Kier alpha value is -0.950. The van der Waals surface area contributed by atoms with Gasteiger partial charge in [0.25, 0.3) is 0 Å². The summed E-state index contributed by atoms with van der Waals surface area (Å²) in [5.41, 5.74) is 5.38. The highest BCUT2D eigenvalue weighted by Crippen LogP contribution is 2.50. The van der Waals surface area contributed by atoms with Crippen molar-refractivity contribution in [3.8, 4) is 0 Å². The van der Waals surface area contributed by atoms with Crippen molar-refractivity contribution in [3.05, 3.63) is 0 Å². The fourth-order valence-corrected chi connectivity index (χ4v) is 4.27. The summed E-state index contributed by atoms with van der Waals surface area (Å²) < 4.78 is 17.7. The van der Waals surface area contributed by atoms with Gasteiger partial charge in [0.2, 0.25) is 5.91 Å². The molecule has 0 aliphatic heterocycles. The normalized spacial score (nSPS) is 16.1. The first-order valence-corrected chi connectivity index (χ1v) is 11.0. The maximum Gasteiger partial charge on any atom is 0.351 e. The van der Waals surface area contributed by atoms with Crippen LogP contribution in [-0.4, -0.2) is 40.3 Å². The van der Waals surface area contributed by atoms with Gasteiger partial charge < -0.3 is 21.1 Å². The van der Waals surface area contributed by atoms with E-state index in [1.807, 2.05) is 0 Å². The molecule has 0 saturated heterocycles. The van der Waals surface area contributed by atoms with Crippen molar-refractivity contribution in [2.75, 3.05) is 6.54 Å². The molecule has 8 nitrogen and oxygen atoms in total. The van der Waals surface area contributed by atoms with Gasteiger partial charge in [-0.1, -0.05) is 40.0 Å². The quantitative estimate of drug-likeness (QED) is 0.247. The van der Waals surface area contributed by atoms with Crippen LogP contribution in [0.5, 0.6) is 0 Å². The van der Waals surface area contributed by atoms with E-state index in [-0.39, 0.29) is 24.7 Å². The lowest BCUT2D eigenvalue weighted by Crippen LogP contribution is -2.40. The second-order valence-electron chi connectivity index (χ2n) is 6.85. The number of hydrogen-bond donors (Lipinski definition) is 4. The van der Waals surface area contributed by atoms with Gasteiger partial charge in [-0.3, -0.25) is 13.9 Å². The standard InChI is InChI=1S/C17H35N2O6P/c1-4-5-6-7-11-15(20)19-16(13(2)3)26(23,24)25-14(17(21)22)10-8-9-12-18/h13-14,16H,4-12,18H2,1-3H3,(H,19,20)(H,21,22)(H,23,24)/t14-,16?/m1/s1. The molecular formula is C17H35N2O6P. The molecule has 0 heterocycles. The minimum absolute atomic E-state index is 0.0901. The van der Waals surface area contributed by atoms with Crippen LogP contribution in [0.1, 0.15) is 72.1 Å². The molecule has 5 N–H and O–H groups in total. The van der Waals surface area contributed by atoms with Gasteiger partial charge in [0, 0.05) is 6.42 Å². The first-order chi connectivity index (χ1) is 12.2. The molecule has 0 spiro atoms. The number of hydrogen-bond acceptors (Lipinski definition) is 5. The number of carboxylic acid groups (broad SMARTS) is 1. The molecule has 0 aromatic rings. The Morgan fingerprint density at radius 3 is 2.31 bits per heavy atom. The molecule has 26 heavy (non-hydrogen) atoms. The Balaban J connectivity index is 4.87. The maximum absolute atomic E-state index is 12.6. The zero-order valence-corrected chi connectivity index (χ0v) is 17.0. The monoisotopic (exact) mass is 394 g/mol. The van der Waals surface area contributed by atoms with Gasteiger partial charge >= 0.3 is 13.6 Å². The lowest BCUT2D eigenvalue weighted by atomic mass is 10.1. The number of unbranched alkanes of at least 4 members (excludes halogenated alkanes) is 4. The zero-order chi connectivity index (χ0) is 20.2. The molecule has 1 amide bonds. The van der Waals surface area contributed by atoms with E-state index in [9.17, 15) is 24.2 Å². The highest BCUT2D eigenvalue weighted by Gasteiger charge is 2.40. The number of nitrogens with one attached hydrogen (secondary N) is 1. The van der Waals surface area contributed by atoms with Gasteiger partial charge in [0.05, 0.1) is 0 Å². The smallest absolute Gasteiger partial charge is 0.351 e. The van der Waals surface area contributed by atoms with Crippen LogP contribution in [0.4, 0.5) is 0 Å². The van der Waals surface area contributed by atoms with E-state index in [1.165, 1.54) is 0 Å². The molecule has 154 valence electrons. The lowest BCUT2D eigenvalue weighted by molar-refractivity contribution is -0.145. The van der Waals surface area contributed by atoms with Crippen molar-refractivity contribution < 1.29 is 28.7 Å². The molecule has 2 unspecified atom stereocenters. The molecule has 0 aromatic heterocycles. The predicted octanol–water partition coefficient (Wildman–Crippen LogP) is 2.84. The Labute approximate surface area is 156 Å². The molecule has 0 aliphatic rings. The van der Waals surface area contributed by atoms with Gasteiger partial charge in [-0.15, -0.1) is 0 Å². The largest absolute Gasteiger partial charge is 0.479 e. The fraction of sp³-hybridized carbons (Fsp3) is 0.882. The van der Waals surface area contributed by atoms with Crippen molar-refractivity contribution in [3.63, 3.8) is 0 Å². The van der Waals surface area contributed by atoms with E-state index >= 15 is 0 Å². The van der Waals surface area contributed by atoms with E-state index in [4.69, 9.17) is 10.3 Å². The van der Waals surface area contributed by atoms with Gasteiger partial charge in [-0.2, -0.15) is 0 Å². The Morgan fingerprint density at radius 1 is 1.15 bits per heavy atom. The van der Waals surface area contributed by atoms with Crippen LogP contribution < -0.4 is 11.1 Å². The summed E-state index contributed by atoms with van der Waals surface area (Å²) in [5, 5.41) is 11.8. The highest BCUT2D eigenvalue weighted by atomic mass is 31.2. The average molecular weight is 394 g/mol. The zero-order valence-electron chi connectivity index (χ0n) is 16.1. The third-order valence-corrected chi connectivity index (χ3v) is 6.01. The van der Waals surface area contributed by atoms with Crippen molar-refractivity contribution in [2.45, 2.75) is 84.0 Å². The number of amides is 1. The van der Waals surface area contributed by atoms with Crippen molar-refractivity contribution in [2.24, 2.45) is 11.7 Å². The predicted molar refractivity (Wildman–Crippen MR) is 101 cm³/mol. The molecule has 9 heteroatoms. The summed E-state index contributed by atoms with van der Waals surface area (Å²) >= 11 is 0. The Bertz CT molecular complexity index is 472. The van der Waals surface area contributed by atoms with Gasteiger partial charge in [0.15, 0.2) is 6.10 Å². The van der Waals surface area contributed by atoms with E-state index in [2.05, 4.69) is 12.2 Å². The van der Waals surface area contributed by atoms with Crippen LogP contribution in [0.25, 0.3) is 0 Å². The van der Waals surface area contributed by atoms with E-state index in [0.29, 0.717) is 25.8 Å². The summed E-state index contributed by atoms with van der Waals surface area (Å²) in [5.74, 6) is -3.15. The Kier molecular flexibility index (Phi) is 12.8. The molecule has 3 atom stereocenters. The summed E-state index contributed by atoms with van der Waals surface area (Å²) in [7, 11) is -4.36. The first-order valence-electron chi connectivity index (χ1n) is 9.38. The minimum atomic E-state index is -4.36. The fourth-order valence-electron chi connectivity index (χ4n) is 2.52. The number of carbonyl (C=O) groups excluding carboxylic acids is 1. The van der Waals surface area contributed by atoms with Crippen molar-refractivity contribution in [1.29, 1.82) is 0 Å². The van der Waals surface area contributed by atoms with Gasteiger partial charge in [0.1, 0.15) is 5.78 Å². The van der Waals surface area contributed by atoms with Crippen LogP contribution in [0.2, 0.25) is 0 Å². The molecule has 0 radical (unpaired) electrons. The van der Waals surface area contributed by atoms with E-state index in [1.54, 1.807) is 13.8 Å². The summed E-state index contributed by atoms with van der Waals surface area (Å²) in [6, 6.07) is 0. The number of carboxylic acids is 1. The van der Waals surface area contributed by atoms with Crippen molar-refractivity contribution in [1.82, 2.24) is 5.32 Å². The minimum Gasteiger partial charge on any atom is -0.479 e. The van der Waals surface area contributed by atoms with Crippen LogP contribution in [0.3, 0.4) is 0 Å². The molecular weight excluding hydrogens is 359 g/mol. The number of carbonyl (C=O) groups is 2. The summed E-state index contributed by atoms with van der Waals surface area (Å²) in [4.78, 5) is 33.7. The van der Waals surface area contributed by atoms with Crippen LogP contribution in [0, 0.1) is 5.92 Å². The maximum atomic E-state index is 12.6. The van der Waals surface area contributed by atoms with E-state index < -0.39 is 25.5 Å². The number of aliphatic carboxylic acids is 1. The molecule has 0 bridgehead atoms.